The third-order valence-electron chi connectivity index (χ3n) is 4.83. The fraction of sp³-hybridized carbons (Fsp3) is 0.391. The first-order chi connectivity index (χ1) is 14.5. The van der Waals surface area contributed by atoms with Crippen molar-refractivity contribution < 1.29 is 8.94 Å². The average Bonchev–Trinajstić information content (AvgIpc) is 3.41. The molecule has 30 heavy (non-hydrogen) atoms. The molecular formula is C23H31N5O2. The fourth-order valence-electron chi connectivity index (χ4n) is 3.15. The van der Waals surface area contributed by atoms with Gasteiger partial charge in [0.05, 0.1) is 25.0 Å². The van der Waals surface area contributed by atoms with Crippen LogP contribution in [-0.4, -0.2) is 30.1 Å². The van der Waals surface area contributed by atoms with Gasteiger partial charge in [-0.1, -0.05) is 43.3 Å². The molecule has 3 aromatic rings. The zero-order valence-electron chi connectivity index (χ0n) is 18.2. The van der Waals surface area contributed by atoms with Gasteiger partial charge < -0.3 is 19.6 Å². The second-order valence-electron chi connectivity index (χ2n) is 7.67. The van der Waals surface area contributed by atoms with E-state index < -0.39 is 0 Å². The predicted octanol–water partition coefficient (Wildman–Crippen LogP) is 3.89. The second-order valence-corrected chi connectivity index (χ2v) is 7.67. The Balaban J connectivity index is 1.53. The maximum Gasteiger partial charge on any atom is 0.191 e. The summed E-state index contributed by atoms with van der Waals surface area (Å²) in [6.07, 6.45) is 1.71. The SMILES string of the molecule is CN=C(NCc1cc(C(C)C)no1)NCc1ccccc1CN(C)Cc1ccco1. The molecule has 0 saturated carbocycles. The van der Waals surface area contributed by atoms with Crippen LogP contribution in [0.2, 0.25) is 0 Å². The third-order valence-corrected chi connectivity index (χ3v) is 4.83. The van der Waals surface area contributed by atoms with Crippen LogP contribution in [0.25, 0.3) is 0 Å². The Morgan fingerprint density at radius 2 is 1.80 bits per heavy atom. The number of aliphatic imine (C=N–C) groups is 1. The summed E-state index contributed by atoms with van der Waals surface area (Å²) in [5, 5.41) is 10.8. The molecule has 0 fully saturated rings. The highest BCUT2D eigenvalue weighted by molar-refractivity contribution is 5.79. The zero-order valence-corrected chi connectivity index (χ0v) is 18.2. The average molecular weight is 410 g/mol. The molecule has 0 amide bonds. The number of nitrogens with zero attached hydrogens (tertiary/aromatic N) is 3. The molecule has 7 nitrogen and oxygen atoms in total. The van der Waals surface area contributed by atoms with Crippen molar-refractivity contribution >= 4 is 5.96 Å². The first-order valence-corrected chi connectivity index (χ1v) is 10.2. The van der Waals surface area contributed by atoms with Crippen LogP contribution in [0.15, 0.2) is 62.7 Å². The Hall–Kier alpha value is -3.06. The maximum atomic E-state index is 5.45. The highest BCUT2D eigenvalue weighted by atomic mass is 16.5. The number of aromatic nitrogens is 1. The molecule has 0 spiro atoms. The van der Waals surface area contributed by atoms with Gasteiger partial charge in [-0.2, -0.15) is 0 Å². The van der Waals surface area contributed by atoms with Gasteiger partial charge in [0.2, 0.25) is 0 Å². The van der Waals surface area contributed by atoms with Gasteiger partial charge in [-0.25, -0.2) is 0 Å². The Kier molecular flexibility index (Phi) is 7.68. The minimum atomic E-state index is 0.349. The molecule has 3 rings (SSSR count). The maximum absolute atomic E-state index is 5.45. The number of hydrogen-bond donors (Lipinski definition) is 2. The van der Waals surface area contributed by atoms with E-state index in [0.717, 1.165) is 36.3 Å². The van der Waals surface area contributed by atoms with Gasteiger partial charge in [0.25, 0.3) is 0 Å². The van der Waals surface area contributed by atoms with E-state index >= 15 is 0 Å². The predicted molar refractivity (Wildman–Crippen MR) is 118 cm³/mol. The molecule has 0 atom stereocenters. The van der Waals surface area contributed by atoms with Crippen molar-refractivity contribution in [1.29, 1.82) is 0 Å². The fourth-order valence-corrected chi connectivity index (χ4v) is 3.15. The van der Waals surface area contributed by atoms with E-state index in [0.29, 0.717) is 19.0 Å². The number of rotatable bonds is 9. The van der Waals surface area contributed by atoms with Gasteiger partial charge in [0, 0.05) is 26.2 Å². The smallest absolute Gasteiger partial charge is 0.191 e. The zero-order chi connectivity index (χ0) is 21.3. The quantitative estimate of drug-likeness (QED) is 0.412. The van der Waals surface area contributed by atoms with Crippen molar-refractivity contribution in [2.75, 3.05) is 14.1 Å². The van der Waals surface area contributed by atoms with Crippen molar-refractivity contribution in [1.82, 2.24) is 20.7 Å². The van der Waals surface area contributed by atoms with Crippen LogP contribution in [0.1, 0.15) is 48.1 Å². The summed E-state index contributed by atoms with van der Waals surface area (Å²) in [4.78, 5) is 6.55. The van der Waals surface area contributed by atoms with E-state index in [-0.39, 0.29) is 0 Å². The van der Waals surface area contributed by atoms with Crippen LogP contribution in [-0.2, 0) is 26.2 Å². The summed E-state index contributed by atoms with van der Waals surface area (Å²) in [6.45, 7) is 7.01. The molecule has 0 saturated heterocycles. The van der Waals surface area contributed by atoms with Crippen molar-refractivity contribution in [3.05, 3.63) is 77.1 Å². The van der Waals surface area contributed by atoms with Gasteiger partial charge in [0.15, 0.2) is 11.7 Å². The second kappa shape index (κ2) is 10.6. The number of hydrogen-bond acceptors (Lipinski definition) is 5. The standard InChI is InChI=1S/C23H31N5O2/c1-17(2)22-12-21(30-27-22)14-26-23(24-3)25-13-18-8-5-6-9-19(18)15-28(4)16-20-10-7-11-29-20/h5-12,17H,13-16H2,1-4H3,(H2,24,25,26). The third kappa shape index (κ3) is 6.22. The molecule has 2 heterocycles. The van der Waals surface area contributed by atoms with Gasteiger partial charge in [-0.3, -0.25) is 9.89 Å². The van der Waals surface area contributed by atoms with E-state index in [1.807, 2.05) is 18.2 Å². The molecule has 160 valence electrons. The van der Waals surface area contributed by atoms with Crippen molar-refractivity contribution in [3.63, 3.8) is 0 Å². The van der Waals surface area contributed by atoms with Crippen molar-refractivity contribution in [2.24, 2.45) is 4.99 Å². The van der Waals surface area contributed by atoms with Crippen LogP contribution in [0.3, 0.4) is 0 Å². The van der Waals surface area contributed by atoms with Crippen molar-refractivity contribution in [2.45, 2.75) is 45.9 Å². The molecule has 7 heteroatoms. The first-order valence-electron chi connectivity index (χ1n) is 10.2. The molecule has 0 radical (unpaired) electrons. The van der Waals surface area contributed by atoms with E-state index in [4.69, 9.17) is 8.94 Å². The number of guanidine groups is 1. The Morgan fingerprint density at radius 3 is 2.47 bits per heavy atom. The summed E-state index contributed by atoms with van der Waals surface area (Å²) < 4.78 is 10.8. The summed E-state index contributed by atoms with van der Waals surface area (Å²) >= 11 is 0. The van der Waals surface area contributed by atoms with Crippen LogP contribution >= 0.6 is 0 Å². The lowest BCUT2D eigenvalue weighted by Gasteiger charge is -2.18. The number of furan rings is 1. The number of nitrogens with one attached hydrogen (secondary N) is 2. The molecule has 1 aromatic carbocycles. The minimum absolute atomic E-state index is 0.349. The summed E-state index contributed by atoms with van der Waals surface area (Å²) in [5.41, 5.74) is 3.46. The first kappa shape index (κ1) is 21.6. The van der Waals surface area contributed by atoms with Crippen LogP contribution in [0.4, 0.5) is 0 Å². The topological polar surface area (TPSA) is 78.8 Å². The Morgan fingerprint density at radius 1 is 1.03 bits per heavy atom. The molecule has 0 unspecified atom stereocenters. The van der Waals surface area contributed by atoms with Gasteiger partial charge in [0.1, 0.15) is 5.76 Å². The summed E-state index contributed by atoms with van der Waals surface area (Å²) in [6, 6.07) is 14.3. The van der Waals surface area contributed by atoms with E-state index in [1.165, 1.54) is 11.1 Å². The molecule has 2 N–H and O–H groups in total. The van der Waals surface area contributed by atoms with Gasteiger partial charge in [-0.15, -0.1) is 0 Å². The van der Waals surface area contributed by atoms with Crippen LogP contribution < -0.4 is 10.6 Å². The summed E-state index contributed by atoms with van der Waals surface area (Å²) in [7, 11) is 3.86. The number of benzene rings is 1. The van der Waals surface area contributed by atoms with E-state index in [2.05, 4.69) is 70.8 Å². The lowest BCUT2D eigenvalue weighted by molar-refractivity contribution is 0.287. The van der Waals surface area contributed by atoms with E-state index in [1.54, 1.807) is 13.3 Å². The largest absolute Gasteiger partial charge is 0.468 e. The highest BCUT2D eigenvalue weighted by Gasteiger charge is 2.10. The summed E-state index contributed by atoms with van der Waals surface area (Å²) in [5.74, 6) is 2.82. The minimum Gasteiger partial charge on any atom is -0.468 e. The lowest BCUT2D eigenvalue weighted by Crippen LogP contribution is -2.36. The molecule has 0 aliphatic heterocycles. The Bertz CT molecular complexity index is 931. The van der Waals surface area contributed by atoms with Gasteiger partial charge in [-0.05, 0) is 36.2 Å². The van der Waals surface area contributed by atoms with Crippen LogP contribution in [0, 0.1) is 0 Å². The molecule has 0 bridgehead atoms. The normalized spacial score (nSPS) is 12.0. The monoisotopic (exact) mass is 409 g/mol. The van der Waals surface area contributed by atoms with Crippen LogP contribution in [0.5, 0.6) is 0 Å². The Labute approximate surface area is 178 Å². The van der Waals surface area contributed by atoms with Crippen molar-refractivity contribution in [3.8, 4) is 0 Å². The molecular weight excluding hydrogens is 378 g/mol. The molecule has 0 aliphatic rings. The van der Waals surface area contributed by atoms with E-state index in [9.17, 15) is 0 Å². The molecule has 0 aliphatic carbocycles. The highest BCUT2D eigenvalue weighted by Crippen LogP contribution is 2.15. The lowest BCUT2D eigenvalue weighted by atomic mass is 10.1. The van der Waals surface area contributed by atoms with Gasteiger partial charge >= 0.3 is 0 Å². The molecule has 2 aromatic heterocycles.